The summed E-state index contributed by atoms with van der Waals surface area (Å²) in [4.78, 5) is 22.0. The fourth-order valence-electron chi connectivity index (χ4n) is 5.68. The van der Waals surface area contributed by atoms with E-state index in [1.807, 2.05) is 36.7 Å². The van der Waals surface area contributed by atoms with Gasteiger partial charge in [0.15, 0.2) is 5.82 Å². The average molecular weight is 532 g/mol. The van der Waals surface area contributed by atoms with Crippen LogP contribution in [-0.2, 0) is 11.2 Å². The summed E-state index contributed by atoms with van der Waals surface area (Å²) in [6.07, 6.45) is 24.1. The van der Waals surface area contributed by atoms with Crippen molar-refractivity contribution >= 4 is 5.97 Å². The Bertz CT molecular complexity index is 1000. The number of hydrogen-bond donors (Lipinski definition) is 0. The van der Waals surface area contributed by atoms with E-state index in [1.165, 1.54) is 76.2 Å². The molecule has 5 nitrogen and oxygen atoms in total. The lowest BCUT2D eigenvalue weighted by atomic mass is 9.69. The van der Waals surface area contributed by atoms with Gasteiger partial charge in [0.25, 0.3) is 0 Å². The molecule has 1 aliphatic carbocycles. The Kier molecular flexibility index (Phi) is 13.5. The highest BCUT2D eigenvalue weighted by atomic mass is 16.5. The molecular weight excluding hydrogens is 482 g/mol. The van der Waals surface area contributed by atoms with E-state index in [-0.39, 0.29) is 17.3 Å². The Morgan fingerprint density at radius 1 is 0.872 bits per heavy atom. The molecule has 212 valence electrons. The van der Waals surface area contributed by atoms with Gasteiger partial charge in [-0.2, -0.15) is 5.26 Å². The fourth-order valence-corrected chi connectivity index (χ4v) is 5.68. The van der Waals surface area contributed by atoms with Crippen LogP contribution in [0.15, 0.2) is 36.7 Å². The van der Waals surface area contributed by atoms with E-state index < -0.39 is 0 Å². The van der Waals surface area contributed by atoms with Crippen LogP contribution in [0.5, 0.6) is 5.75 Å². The fraction of sp³-hybridized carbons (Fsp3) is 0.647. The molecule has 39 heavy (non-hydrogen) atoms. The van der Waals surface area contributed by atoms with Crippen LogP contribution in [0.2, 0.25) is 0 Å². The number of benzene rings is 1. The first kappa shape index (κ1) is 30.8. The van der Waals surface area contributed by atoms with Crippen LogP contribution in [0.25, 0.3) is 11.4 Å². The maximum absolute atomic E-state index is 12.8. The summed E-state index contributed by atoms with van der Waals surface area (Å²) in [5, 5.41) is 9.84. The smallest absolute Gasteiger partial charge is 0.314 e. The lowest BCUT2D eigenvalue weighted by Gasteiger charge is -2.34. The molecule has 1 aromatic carbocycles. The van der Waals surface area contributed by atoms with Gasteiger partial charge in [0.05, 0.1) is 17.4 Å². The predicted octanol–water partition coefficient (Wildman–Crippen LogP) is 9.40. The summed E-state index contributed by atoms with van der Waals surface area (Å²) in [7, 11) is 0. The lowest BCUT2D eigenvalue weighted by molar-refractivity contribution is -0.140. The minimum absolute atomic E-state index is 0.126. The Morgan fingerprint density at radius 3 is 2.03 bits per heavy atom. The van der Waals surface area contributed by atoms with Crippen molar-refractivity contribution in [1.29, 1.82) is 5.26 Å². The second-order valence-corrected chi connectivity index (χ2v) is 11.6. The van der Waals surface area contributed by atoms with Gasteiger partial charge in [0.1, 0.15) is 5.75 Å². The van der Waals surface area contributed by atoms with Crippen molar-refractivity contribution in [2.24, 2.45) is 11.3 Å². The number of nitriles is 1. The molecule has 0 saturated heterocycles. The van der Waals surface area contributed by atoms with Crippen molar-refractivity contribution in [2.45, 2.75) is 129 Å². The van der Waals surface area contributed by atoms with E-state index in [4.69, 9.17) is 4.74 Å². The Labute approximate surface area is 236 Å². The lowest BCUT2D eigenvalue weighted by Crippen LogP contribution is -2.31. The Balaban J connectivity index is 1.41. The van der Waals surface area contributed by atoms with E-state index in [0.717, 1.165) is 50.5 Å². The molecule has 0 aliphatic heterocycles. The number of nitrogens with zero attached hydrogens (tertiary/aromatic N) is 3. The van der Waals surface area contributed by atoms with Crippen molar-refractivity contribution < 1.29 is 9.53 Å². The zero-order valence-corrected chi connectivity index (χ0v) is 24.4. The molecule has 1 saturated carbocycles. The molecule has 0 N–H and O–H groups in total. The topological polar surface area (TPSA) is 75.9 Å². The normalized spacial score (nSPS) is 18.9. The van der Waals surface area contributed by atoms with Gasteiger partial charge in [-0.3, -0.25) is 4.79 Å². The molecule has 2 aromatic rings. The van der Waals surface area contributed by atoms with Crippen molar-refractivity contribution in [2.75, 3.05) is 0 Å². The molecule has 0 atom stereocenters. The zero-order chi connectivity index (χ0) is 27.8. The molecule has 0 radical (unpaired) electrons. The molecule has 5 heteroatoms. The van der Waals surface area contributed by atoms with E-state index in [2.05, 4.69) is 29.9 Å². The second-order valence-electron chi connectivity index (χ2n) is 11.6. The monoisotopic (exact) mass is 531 g/mol. The van der Waals surface area contributed by atoms with Gasteiger partial charge in [-0.25, -0.2) is 9.97 Å². The van der Waals surface area contributed by atoms with Crippen LogP contribution in [-0.4, -0.2) is 15.9 Å². The second kappa shape index (κ2) is 17.1. The highest BCUT2D eigenvalue weighted by Gasteiger charge is 2.38. The van der Waals surface area contributed by atoms with Gasteiger partial charge in [0, 0.05) is 18.0 Å². The third-order valence-corrected chi connectivity index (χ3v) is 8.38. The number of carbonyl (C=O) groups is 1. The summed E-state index contributed by atoms with van der Waals surface area (Å²) in [6, 6.07) is 10.1. The highest BCUT2D eigenvalue weighted by molar-refractivity contribution is 5.75. The first-order valence-electron chi connectivity index (χ1n) is 15.6. The predicted molar refractivity (Wildman–Crippen MR) is 158 cm³/mol. The summed E-state index contributed by atoms with van der Waals surface area (Å²) in [6.45, 7) is 4.47. The summed E-state index contributed by atoms with van der Waals surface area (Å²) in [5.74, 6) is 0.931. The summed E-state index contributed by atoms with van der Waals surface area (Å²) < 4.78 is 5.71. The van der Waals surface area contributed by atoms with E-state index in [0.29, 0.717) is 11.6 Å². The number of aromatic nitrogens is 2. The van der Waals surface area contributed by atoms with Gasteiger partial charge in [-0.15, -0.1) is 0 Å². The summed E-state index contributed by atoms with van der Waals surface area (Å²) in [5.41, 5.74) is 1.84. The van der Waals surface area contributed by atoms with Crippen LogP contribution < -0.4 is 4.74 Å². The maximum atomic E-state index is 12.8. The molecule has 0 bridgehead atoms. The van der Waals surface area contributed by atoms with Crippen molar-refractivity contribution in [3.8, 4) is 23.2 Å². The standard InChI is InChI=1S/C34H49N3O2/c1-3-5-7-9-10-11-13-15-28-25-36-32(37-26-28)29-16-18-31(19-17-29)39-33(38)30-20-23-34(27-35,24-21-30)22-14-12-8-6-4-2/h16-19,25-26,30H,3-15,20-24H2,1-2H3. The first-order chi connectivity index (χ1) is 19.1. The minimum atomic E-state index is -0.256. The zero-order valence-electron chi connectivity index (χ0n) is 24.4. The van der Waals surface area contributed by atoms with E-state index in [9.17, 15) is 10.1 Å². The van der Waals surface area contributed by atoms with Crippen LogP contribution in [0.4, 0.5) is 0 Å². The Hall–Kier alpha value is -2.74. The number of carbonyl (C=O) groups excluding carboxylic acids is 1. The van der Waals surface area contributed by atoms with Crippen LogP contribution in [0.1, 0.15) is 129 Å². The van der Waals surface area contributed by atoms with Gasteiger partial charge < -0.3 is 4.74 Å². The summed E-state index contributed by atoms with van der Waals surface area (Å²) >= 11 is 0. The molecule has 1 heterocycles. The molecule has 0 unspecified atom stereocenters. The molecule has 3 rings (SSSR count). The van der Waals surface area contributed by atoms with Gasteiger partial charge in [-0.05, 0) is 74.8 Å². The maximum Gasteiger partial charge on any atom is 0.314 e. The number of aryl methyl sites for hydroxylation is 1. The Morgan fingerprint density at radius 2 is 1.44 bits per heavy atom. The molecule has 0 amide bonds. The van der Waals surface area contributed by atoms with Crippen molar-refractivity contribution in [3.63, 3.8) is 0 Å². The molecular formula is C34H49N3O2. The highest BCUT2D eigenvalue weighted by Crippen LogP contribution is 2.42. The van der Waals surface area contributed by atoms with Gasteiger partial charge in [0.2, 0.25) is 0 Å². The molecule has 1 aliphatic rings. The third-order valence-electron chi connectivity index (χ3n) is 8.38. The van der Waals surface area contributed by atoms with Crippen LogP contribution >= 0.6 is 0 Å². The number of unbranched alkanes of at least 4 members (excludes halogenated alkanes) is 10. The number of hydrogen-bond acceptors (Lipinski definition) is 5. The number of ether oxygens (including phenoxy) is 1. The van der Waals surface area contributed by atoms with Gasteiger partial charge in [-0.1, -0.05) is 84.5 Å². The molecule has 1 fully saturated rings. The van der Waals surface area contributed by atoms with Gasteiger partial charge >= 0.3 is 5.97 Å². The molecule has 1 aromatic heterocycles. The quantitative estimate of drug-likeness (QED) is 0.115. The van der Waals surface area contributed by atoms with Crippen LogP contribution in [0, 0.1) is 22.7 Å². The van der Waals surface area contributed by atoms with E-state index in [1.54, 1.807) is 0 Å². The number of rotatable bonds is 17. The van der Waals surface area contributed by atoms with Crippen molar-refractivity contribution in [1.82, 2.24) is 9.97 Å². The minimum Gasteiger partial charge on any atom is -0.426 e. The number of esters is 1. The average Bonchev–Trinajstić information content (AvgIpc) is 2.97. The molecule has 0 spiro atoms. The first-order valence-corrected chi connectivity index (χ1v) is 15.6. The largest absolute Gasteiger partial charge is 0.426 e. The van der Waals surface area contributed by atoms with E-state index >= 15 is 0 Å². The third kappa shape index (κ3) is 10.4. The van der Waals surface area contributed by atoms with Crippen molar-refractivity contribution in [3.05, 3.63) is 42.2 Å². The van der Waals surface area contributed by atoms with Crippen LogP contribution in [0.3, 0.4) is 0 Å². The SMILES string of the molecule is CCCCCCCCCc1cnc(-c2ccc(OC(=O)C3CCC(C#N)(CCCCCCC)CC3)cc2)nc1.